The van der Waals surface area contributed by atoms with Crippen LogP contribution in [0.3, 0.4) is 0 Å². The van der Waals surface area contributed by atoms with Gasteiger partial charge in [0.15, 0.2) is 0 Å². The van der Waals surface area contributed by atoms with Crippen molar-refractivity contribution < 1.29 is 0 Å². The second-order valence-corrected chi connectivity index (χ2v) is 12.5. The molecule has 0 aliphatic heterocycles. The van der Waals surface area contributed by atoms with Gasteiger partial charge in [-0.05, 0) is 102 Å². The Kier molecular flexibility index (Phi) is 13.8. The van der Waals surface area contributed by atoms with Gasteiger partial charge in [0.2, 0.25) is 0 Å². The quantitative estimate of drug-likeness (QED) is 0.190. The molecule has 0 atom stereocenters. The second kappa shape index (κ2) is 19.1. The lowest BCUT2D eigenvalue weighted by molar-refractivity contribution is 0.988. The first-order valence-corrected chi connectivity index (χ1v) is 19.2. The van der Waals surface area contributed by atoms with E-state index in [1.807, 2.05) is 58.9 Å². The number of nitrogens with one attached hydrogen (secondary N) is 1. The summed E-state index contributed by atoms with van der Waals surface area (Å²) in [5.74, 6) is 0. The van der Waals surface area contributed by atoms with Crippen LogP contribution in [0, 0.1) is 6.92 Å². The molecule has 7 aromatic rings. The highest BCUT2D eigenvalue weighted by molar-refractivity contribution is 6.08. The van der Waals surface area contributed by atoms with Gasteiger partial charge in [-0.25, -0.2) is 0 Å². The average Bonchev–Trinajstić information content (AvgIpc) is 3.94. The predicted molar refractivity (Wildman–Crippen MR) is 235 cm³/mol. The standard InChI is InChI=1S/C19H15N.C17H15N.C11H12.2C2H6/c1-13-6-8-14(9-7-13)15-10-11-19-17(12-15)16-4-2-3-5-18(16)20-19;1-2-7-13(8-3-1)18-16-11-5-4-9-14(16)15-10-6-12-17(15)18;1-3-7-11-9-6-5-8-10(11)4-2;2*1-2/h2-12,20H,1H3;1-3,6-9,11-12H,4-5,10H2;3-9H,1H2,2H3;2*1-2H3/b;;10-4-,11-7-;;. The van der Waals surface area contributed by atoms with Crippen molar-refractivity contribution >= 4 is 52.2 Å². The van der Waals surface area contributed by atoms with Gasteiger partial charge in [-0.3, -0.25) is 0 Å². The highest BCUT2D eigenvalue weighted by Crippen LogP contribution is 2.30. The number of nitrogens with zero attached hydrogens (tertiary/aromatic N) is 1. The highest BCUT2D eigenvalue weighted by Gasteiger charge is 2.17. The minimum absolute atomic E-state index is 1.09. The third-order valence-corrected chi connectivity index (χ3v) is 9.35. The lowest BCUT2D eigenvalue weighted by atomic mass is 10.0. The molecule has 53 heavy (non-hydrogen) atoms. The van der Waals surface area contributed by atoms with E-state index in [0.29, 0.717) is 0 Å². The lowest BCUT2D eigenvalue weighted by Crippen LogP contribution is -2.31. The number of hydrogen-bond acceptors (Lipinski definition) is 0. The van der Waals surface area contributed by atoms with E-state index in [2.05, 4.69) is 163 Å². The fraction of sp³-hybridized carbons (Fsp3) is 0.176. The number of fused-ring (bicyclic) bond motifs is 6. The molecule has 2 aliphatic rings. The van der Waals surface area contributed by atoms with Crippen molar-refractivity contribution in [2.24, 2.45) is 0 Å². The summed E-state index contributed by atoms with van der Waals surface area (Å²) in [6.07, 6.45) is 18.7. The molecule has 2 heterocycles. The summed E-state index contributed by atoms with van der Waals surface area (Å²) < 4.78 is 2.41. The fourth-order valence-corrected chi connectivity index (χ4v) is 6.91. The molecule has 0 spiro atoms. The van der Waals surface area contributed by atoms with Gasteiger partial charge < -0.3 is 9.55 Å². The largest absolute Gasteiger partial charge is 0.355 e. The van der Waals surface area contributed by atoms with Crippen molar-refractivity contribution in [1.82, 2.24) is 9.55 Å². The molecule has 0 radical (unpaired) electrons. The number of H-pyrrole nitrogens is 1. The average molecular weight is 695 g/mol. The van der Waals surface area contributed by atoms with Crippen LogP contribution in [0.15, 0.2) is 140 Å². The molecule has 2 nitrogen and oxygen atoms in total. The third kappa shape index (κ3) is 8.79. The van der Waals surface area contributed by atoms with E-state index >= 15 is 0 Å². The smallest absolute Gasteiger partial charge is 0.0500 e. The first kappa shape index (κ1) is 38.4. The SMILES string of the molecule is C1=Cc2c(c3c(n2-c2ccccc2)=CCCC=3)C1.C=C/C=c1/cccc/c1=C/C.CC.CC.Cc1ccc(-c2ccc3[nH]c4ccccc4c3c2)cc1. The molecule has 0 bridgehead atoms. The fourth-order valence-electron chi connectivity index (χ4n) is 6.91. The van der Waals surface area contributed by atoms with Crippen molar-refractivity contribution in [2.75, 3.05) is 0 Å². The van der Waals surface area contributed by atoms with Gasteiger partial charge in [-0.2, -0.15) is 0 Å². The molecule has 9 rings (SSSR count). The summed E-state index contributed by atoms with van der Waals surface area (Å²) >= 11 is 0. The zero-order valence-corrected chi connectivity index (χ0v) is 32.4. The van der Waals surface area contributed by atoms with E-state index < -0.39 is 0 Å². The molecule has 0 unspecified atom stereocenters. The minimum Gasteiger partial charge on any atom is -0.355 e. The maximum absolute atomic E-state index is 3.66. The van der Waals surface area contributed by atoms with Crippen molar-refractivity contribution in [3.05, 3.63) is 178 Å². The molecule has 1 N–H and O–H groups in total. The summed E-state index contributed by atoms with van der Waals surface area (Å²) in [5, 5.41) is 7.92. The van der Waals surface area contributed by atoms with E-state index in [1.54, 1.807) is 0 Å². The van der Waals surface area contributed by atoms with Gasteiger partial charge in [-0.1, -0.05) is 167 Å². The Morgan fingerprint density at radius 1 is 0.660 bits per heavy atom. The predicted octanol–water partition coefficient (Wildman–Crippen LogP) is 11.2. The molecule has 2 aromatic heterocycles. The molecule has 0 saturated carbocycles. The number of hydrogen-bond donors (Lipinski definition) is 1. The van der Waals surface area contributed by atoms with Crippen LogP contribution < -0.4 is 21.0 Å². The molecular weight excluding hydrogens is 641 g/mol. The van der Waals surface area contributed by atoms with E-state index in [-0.39, 0.29) is 0 Å². The van der Waals surface area contributed by atoms with Crippen LogP contribution in [0.25, 0.3) is 69.0 Å². The number of para-hydroxylation sites is 2. The summed E-state index contributed by atoms with van der Waals surface area (Å²) in [5.41, 5.74) is 10.4. The van der Waals surface area contributed by atoms with Crippen LogP contribution in [0.4, 0.5) is 0 Å². The van der Waals surface area contributed by atoms with Crippen LogP contribution in [-0.2, 0) is 6.42 Å². The number of benzene rings is 5. The molecule has 2 aliphatic carbocycles. The maximum Gasteiger partial charge on any atom is 0.0500 e. The van der Waals surface area contributed by atoms with Crippen LogP contribution in [0.5, 0.6) is 0 Å². The van der Waals surface area contributed by atoms with Gasteiger partial charge in [-0.15, -0.1) is 0 Å². The van der Waals surface area contributed by atoms with Gasteiger partial charge in [0.05, 0.1) is 0 Å². The summed E-state index contributed by atoms with van der Waals surface area (Å²) in [6.45, 7) is 15.8. The molecule has 0 saturated heterocycles. The van der Waals surface area contributed by atoms with Crippen molar-refractivity contribution in [3.63, 3.8) is 0 Å². The van der Waals surface area contributed by atoms with Crippen LogP contribution in [0.2, 0.25) is 0 Å². The van der Waals surface area contributed by atoms with Crippen LogP contribution in [0.1, 0.15) is 64.3 Å². The second-order valence-electron chi connectivity index (χ2n) is 12.5. The Balaban J connectivity index is 0.000000152. The zero-order valence-electron chi connectivity index (χ0n) is 32.4. The number of aromatic amines is 1. The molecular formula is C51H54N2. The normalized spacial score (nSPS) is 12.6. The van der Waals surface area contributed by atoms with Crippen LogP contribution >= 0.6 is 0 Å². The zero-order chi connectivity index (χ0) is 37.6. The Bertz CT molecular complexity index is 2540. The van der Waals surface area contributed by atoms with Crippen molar-refractivity contribution in [2.45, 2.75) is 60.8 Å². The minimum atomic E-state index is 1.09. The molecule has 5 aromatic carbocycles. The van der Waals surface area contributed by atoms with E-state index in [9.17, 15) is 0 Å². The maximum atomic E-state index is 3.66. The van der Waals surface area contributed by atoms with E-state index in [1.165, 1.54) is 82.9 Å². The van der Waals surface area contributed by atoms with Crippen molar-refractivity contribution in [1.29, 1.82) is 0 Å². The molecule has 268 valence electrons. The first-order valence-electron chi connectivity index (χ1n) is 19.2. The summed E-state index contributed by atoms with van der Waals surface area (Å²) in [4.78, 5) is 3.47. The number of aryl methyl sites for hydroxylation is 1. The highest BCUT2D eigenvalue weighted by atomic mass is 15.0. The third-order valence-electron chi connectivity index (χ3n) is 9.35. The Hall–Kier alpha value is -5.86. The number of allylic oxidation sites excluding steroid dienone is 2. The Morgan fingerprint density at radius 3 is 2.04 bits per heavy atom. The van der Waals surface area contributed by atoms with Gasteiger partial charge in [0.25, 0.3) is 0 Å². The molecule has 0 amide bonds. The lowest BCUT2D eigenvalue weighted by Gasteiger charge is -2.08. The van der Waals surface area contributed by atoms with E-state index in [0.717, 1.165) is 12.8 Å². The number of rotatable bonds is 3. The molecule has 0 fully saturated rings. The number of aromatic nitrogens is 2. The van der Waals surface area contributed by atoms with Gasteiger partial charge in [0.1, 0.15) is 0 Å². The monoisotopic (exact) mass is 694 g/mol. The topological polar surface area (TPSA) is 20.7 Å². The van der Waals surface area contributed by atoms with E-state index in [4.69, 9.17) is 0 Å². The summed E-state index contributed by atoms with van der Waals surface area (Å²) in [7, 11) is 0. The van der Waals surface area contributed by atoms with Gasteiger partial charge in [0, 0.05) is 38.5 Å². The molecule has 2 heteroatoms. The Morgan fingerprint density at radius 2 is 1.30 bits per heavy atom. The van der Waals surface area contributed by atoms with Crippen molar-refractivity contribution in [3.8, 4) is 16.8 Å². The Labute approximate surface area is 316 Å². The summed E-state index contributed by atoms with van der Waals surface area (Å²) in [6, 6.07) is 42.7. The first-order chi connectivity index (χ1) is 26.1. The van der Waals surface area contributed by atoms with Gasteiger partial charge >= 0.3 is 0 Å². The van der Waals surface area contributed by atoms with Crippen LogP contribution in [-0.4, -0.2) is 9.55 Å².